The summed E-state index contributed by atoms with van der Waals surface area (Å²) in [5.74, 6) is 5.83. The third-order valence-corrected chi connectivity index (χ3v) is 5.42. The number of nitrogens with two attached hydrogens (primary N) is 1. The van der Waals surface area contributed by atoms with Crippen LogP contribution in [0, 0.1) is 0 Å². The zero-order chi connectivity index (χ0) is 14.1. The fourth-order valence-electron chi connectivity index (χ4n) is 2.33. The number of hydrogen-bond acceptors (Lipinski definition) is 3. The minimum absolute atomic E-state index is 0.0418. The number of hydrogen-bond donors (Lipinski definition) is 2. The van der Waals surface area contributed by atoms with E-state index in [0.29, 0.717) is 0 Å². The Labute approximate surface area is 138 Å². The van der Waals surface area contributed by atoms with Crippen LogP contribution in [0.25, 0.3) is 10.1 Å². The average molecular weight is 412 g/mol. The molecule has 0 fully saturated rings. The maximum Gasteiger partial charge on any atom is 0.0734 e. The van der Waals surface area contributed by atoms with E-state index in [4.69, 9.17) is 5.84 Å². The summed E-state index contributed by atoms with van der Waals surface area (Å²) in [4.78, 5) is 0. The normalized spacial score (nSPS) is 12.8. The van der Waals surface area contributed by atoms with E-state index in [0.717, 1.165) is 14.5 Å². The van der Waals surface area contributed by atoms with Crippen LogP contribution in [0.15, 0.2) is 56.8 Å². The molecule has 0 aliphatic heterocycles. The zero-order valence-corrected chi connectivity index (χ0v) is 14.4. The van der Waals surface area contributed by atoms with Crippen molar-refractivity contribution in [2.24, 2.45) is 5.84 Å². The Morgan fingerprint density at radius 2 is 1.90 bits per heavy atom. The highest BCUT2D eigenvalue weighted by molar-refractivity contribution is 9.11. The highest BCUT2D eigenvalue weighted by atomic mass is 79.9. The summed E-state index contributed by atoms with van der Waals surface area (Å²) in [5.41, 5.74) is 5.26. The highest BCUT2D eigenvalue weighted by Crippen LogP contribution is 2.35. The van der Waals surface area contributed by atoms with Crippen LogP contribution in [0.3, 0.4) is 0 Å². The standard InChI is InChI=1S/C15H12Br2N2S/c16-10-4-5-11(13(17)8-10)14(19-18)12-3-1-2-9-6-7-20-15(9)12/h1-8,14,19H,18H2. The Bertz CT molecular complexity index is 754. The van der Waals surface area contributed by atoms with Gasteiger partial charge < -0.3 is 0 Å². The molecule has 0 aliphatic rings. The van der Waals surface area contributed by atoms with Gasteiger partial charge in [-0.05, 0) is 40.1 Å². The van der Waals surface area contributed by atoms with Gasteiger partial charge in [-0.2, -0.15) is 0 Å². The van der Waals surface area contributed by atoms with E-state index < -0.39 is 0 Å². The first-order valence-corrected chi connectivity index (χ1v) is 8.54. The third kappa shape index (κ3) is 2.56. The van der Waals surface area contributed by atoms with Gasteiger partial charge in [0.15, 0.2) is 0 Å². The quantitative estimate of drug-likeness (QED) is 0.471. The van der Waals surface area contributed by atoms with Gasteiger partial charge >= 0.3 is 0 Å². The smallest absolute Gasteiger partial charge is 0.0734 e. The first-order valence-electron chi connectivity index (χ1n) is 6.08. The van der Waals surface area contributed by atoms with Crippen LogP contribution >= 0.6 is 43.2 Å². The molecule has 0 saturated heterocycles. The predicted octanol–water partition coefficient (Wildman–Crippen LogP) is 4.98. The lowest BCUT2D eigenvalue weighted by atomic mass is 9.98. The van der Waals surface area contributed by atoms with Crippen LogP contribution < -0.4 is 11.3 Å². The molecule has 0 bridgehead atoms. The molecule has 2 aromatic carbocycles. The summed E-state index contributed by atoms with van der Waals surface area (Å²) >= 11 is 8.84. The van der Waals surface area contributed by atoms with Gasteiger partial charge in [-0.1, -0.05) is 56.1 Å². The molecule has 102 valence electrons. The van der Waals surface area contributed by atoms with Crippen LogP contribution in [-0.2, 0) is 0 Å². The molecule has 5 heteroatoms. The van der Waals surface area contributed by atoms with Crippen LogP contribution in [-0.4, -0.2) is 0 Å². The predicted molar refractivity (Wildman–Crippen MR) is 92.8 cm³/mol. The van der Waals surface area contributed by atoms with Gasteiger partial charge in [0, 0.05) is 13.6 Å². The van der Waals surface area contributed by atoms with Gasteiger partial charge in [0.05, 0.1) is 6.04 Å². The molecule has 3 rings (SSSR count). The van der Waals surface area contributed by atoms with Crippen molar-refractivity contribution in [2.75, 3.05) is 0 Å². The highest BCUT2D eigenvalue weighted by Gasteiger charge is 2.18. The summed E-state index contributed by atoms with van der Waals surface area (Å²) in [6.45, 7) is 0. The van der Waals surface area contributed by atoms with E-state index >= 15 is 0 Å². The molecule has 0 saturated carbocycles. The summed E-state index contributed by atoms with van der Waals surface area (Å²) in [5, 5.41) is 3.36. The van der Waals surface area contributed by atoms with Gasteiger partial charge in [-0.25, -0.2) is 5.43 Å². The SMILES string of the molecule is NNC(c1ccc(Br)cc1Br)c1cccc2ccsc12. The lowest BCUT2D eigenvalue weighted by Crippen LogP contribution is -2.29. The molecule has 0 aliphatic carbocycles. The molecule has 20 heavy (non-hydrogen) atoms. The Morgan fingerprint density at radius 1 is 1.05 bits per heavy atom. The van der Waals surface area contributed by atoms with Crippen LogP contribution in [0.1, 0.15) is 17.2 Å². The molecule has 3 N–H and O–H groups in total. The van der Waals surface area contributed by atoms with Crippen molar-refractivity contribution in [2.45, 2.75) is 6.04 Å². The minimum Gasteiger partial charge on any atom is -0.271 e. The average Bonchev–Trinajstić information content (AvgIpc) is 2.91. The molecule has 2 nitrogen and oxygen atoms in total. The van der Waals surface area contributed by atoms with Crippen molar-refractivity contribution >= 4 is 53.3 Å². The number of benzene rings is 2. The molecular formula is C15H12Br2N2S. The summed E-state index contributed by atoms with van der Waals surface area (Å²) < 4.78 is 3.34. The monoisotopic (exact) mass is 410 g/mol. The van der Waals surface area contributed by atoms with Crippen molar-refractivity contribution in [1.82, 2.24) is 5.43 Å². The van der Waals surface area contributed by atoms with Crippen LogP contribution in [0.4, 0.5) is 0 Å². The Balaban J connectivity index is 2.16. The van der Waals surface area contributed by atoms with Gasteiger partial charge in [-0.3, -0.25) is 5.84 Å². The van der Waals surface area contributed by atoms with Crippen molar-refractivity contribution in [3.8, 4) is 0 Å². The number of hydrazine groups is 1. The van der Waals surface area contributed by atoms with Crippen molar-refractivity contribution < 1.29 is 0 Å². The van der Waals surface area contributed by atoms with Crippen LogP contribution in [0.2, 0.25) is 0 Å². The lowest BCUT2D eigenvalue weighted by molar-refractivity contribution is 0.639. The minimum atomic E-state index is -0.0418. The van der Waals surface area contributed by atoms with E-state index in [1.807, 2.05) is 12.1 Å². The summed E-state index contributed by atoms with van der Waals surface area (Å²) in [6, 6.07) is 14.5. The van der Waals surface area contributed by atoms with Gasteiger partial charge in [-0.15, -0.1) is 11.3 Å². The molecule has 1 heterocycles. The number of halogens is 2. The molecule has 0 radical (unpaired) electrons. The van der Waals surface area contributed by atoms with Gasteiger partial charge in [0.2, 0.25) is 0 Å². The molecule has 1 unspecified atom stereocenters. The maximum atomic E-state index is 5.83. The first kappa shape index (κ1) is 14.2. The summed E-state index contributed by atoms with van der Waals surface area (Å²) in [7, 11) is 0. The number of nitrogens with one attached hydrogen (secondary N) is 1. The topological polar surface area (TPSA) is 38.0 Å². The maximum absolute atomic E-state index is 5.83. The third-order valence-electron chi connectivity index (χ3n) is 3.26. The van der Waals surface area contributed by atoms with Crippen molar-refractivity contribution in [1.29, 1.82) is 0 Å². The Hall–Kier alpha value is -0.720. The number of fused-ring (bicyclic) bond motifs is 1. The lowest BCUT2D eigenvalue weighted by Gasteiger charge is -2.19. The molecule has 0 spiro atoms. The second kappa shape index (κ2) is 5.95. The zero-order valence-electron chi connectivity index (χ0n) is 10.4. The second-order valence-electron chi connectivity index (χ2n) is 4.45. The molecule has 3 aromatic rings. The second-order valence-corrected chi connectivity index (χ2v) is 7.14. The van der Waals surface area contributed by atoms with Gasteiger partial charge in [0.25, 0.3) is 0 Å². The van der Waals surface area contributed by atoms with E-state index in [2.05, 4.69) is 73.0 Å². The molecular weight excluding hydrogens is 400 g/mol. The molecule has 1 aromatic heterocycles. The van der Waals surface area contributed by atoms with E-state index in [1.54, 1.807) is 11.3 Å². The van der Waals surface area contributed by atoms with E-state index in [-0.39, 0.29) is 6.04 Å². The number of rotatable bonds is 3. The summed E-state index contributed by atoms with van der Waals surface area (Å²) in [6.07, 6.45) is 0. The van der Waals surface area contributed by atoms with Crippen molar-refractivity contribution in [3.63, 3.8) is 0 Å². The Kier molecular flexibility index (Phi) is 4.23. The van der Waals surface area contributed by atoms with E-state index in [9.17, 15) is 0 Å². The van der Waals surface area contributed by atoms with E-state index in [1.165, 1.54) is 15.6 Å². The molecule has 0 amide bonds. The van der Waals surface area contributed by atoms with Gasteiger partial charge in [0.1, 0.15) is 0 Å². The Morgan fingerprint density at radius 3 is 2.65 bits per heavy atom. The number of thiophene rings is 1. The van der Waals surface area contributed by atoms with Crippen LogP contribution in [0.5, 0.6) is 0 Å². The van der Waals surface area contributed by atoms with Crippen molar-refractivity contribution in [3.05, 3.63) is 67.9 Å². The largest absolute Gasteiger partial charge is 0.271 e. The molecule has 1 atom stereocenters. The first-order chi connectivity index (χ1) is 9.70. The fourth-order valence-corrected chi connectivity index (χ4v) is 4.55. The fraction of sp³-hybridized carbons (Fsp3) is 0.0667.